The minimum absolute atomic E-state index is 0.0167. The summed E-state index contributed by atoms with van der Waals surface area (Å²) in [7, 11) is -3.71. The average molecular weight is 698 g/mol. The minimum atomic E-state index is -3.71. The Morgan fingerprint density at radius 3 is 2.29 bits per heavy atom. The summed E-state index contributed by atoms with van der Waals surface area (Å²) in [6.07, 6.45) is 3.42. The molecule has 0 saturated heterocycles. The number of hydrogen-bond donors (Lipinski definition) is 1. The maximum Gasteiger partial charge on any atom is 0.243 e. The lowest BCUT2D eigenvalue weighted by molar-refractivity contribution is -0.141. The predicted molar refractivity (Wildman–Crippen MR) is 174 cm³/mol. The maximum atomic E-state index is 13.9. The van der Waals surface area contributed by atoms with Crippen LogP contribution in [0.15, 0.2) is 77.3 Å². The van der Waals surface area contributed by atoms with Crippen LogP contribution in [0.4, 0.5) is 5.69 Å². The highest BCUT2D eigenvalue weighted by atomic mass is 79.9. The van der Waals surface area contributed by atoms with Crippen molar-refractivity contribution in [2.24, 2.45) is 0 Å². The van der Waals surface area contributed by atoms with Gasteiger partial charge in [-0.15, -0.1) is 0 Å². The van der Waals surface area contributed by atoms with Crippen LogP contribution < -0.4 is 9.62 Å². The van der Waals surface area contributed by atoms with Gasteiger partial charge < -0.3 is 10.2 Å². The molecule has 0 aliphatic rings. The molecule has 0 saturated carbocycles. The molecule has 0 aliphatic heterocycles. The van der Waals surface area contributed by atoms with E-state index in [0.29, 0.717) is 18.0 Å². The van der Waals surface area contributed by atoms with Crippen LogP contribution in [-0.2, 0) is 32.6 Å². The first-order valence-corrected chi connectivity index (χ1v) is 17.2. The number of sulfonamides is 1. The standard InChI is InChI=1S/C31H36BrCl2N3O4S/c1-3-4-18-35-31(39)29(20-23-9-6-5-7-10-23)36(22-24-12-14-25(32)15-13-24)30(38)11-8-19-37(42(2,40)41)28-21-26(33)16-17-27(28)34/h5-7,9-10,12-17,21,29H,3-4,8,11,18-20,22H2,1-2H3,(H,35,39)/t29-/m1/s1. The van der Waals surface area contributed by atoms with E-state index in [9.17, 15) is 18.0 Å². The van der Waals surface area contributed by atoms with E-state index in [-0.39, 0.29) is 48.5 Å². The normalized spacial score (nSPS) is 12.0. The highest BCUT2D eigenvalue weighted by Gasteiger charge is 2.30. The molecule has 0 spiro atoms. The largest absolute Gasteiger partial charge is 0.354 e. The summed E-state index contributed by atoms with van der Waals surface area (Å²) < 4.78 is 27.4. The van der Waals surface area contributed by atoms with E-state index >= 15 is 0 Å². The molecule has 1 N–H and O–H groups in total. The van der Waals surface area contributed by atoms with Crippen LogP contribution in [0, 0.1) is 0 Å². The second-order valence-electron chi connectivity index (χ2n) is 10.0. The zero-order valence-corrected chi connectivity index (χ0v) is 27.6. The van der Waals surface area contributed by atoms with Gasteiger partial charge in [0.2, 0.25) is 21.8 Å². The van der Waals surface area contributed by atoms with Gasteiger partial charge in [-0.1, -0.05) is 94.9 Å². The third kappa shape index (κ3) is 10.3. The summed E-state index contributed by atoms with van der Waals surface area (Å²) in [6, 6.07) is 21.0. The fraction of sp³-hybridized carbons (Fsp3) is 0.355. The number of unbranched alkanes of at least 4 members (excludes halogenated alkanes) is 1. The Labute approximate surface area is 267 Å². The summed E-state index contributed by atoms with van der Waals surface area (Å²) in [5, 5.41) is 3.59. The molecule has 226 valence electrons. The van der Waals surface area contributed by atoms with Gasteiger partial charge in [0.05, 0.1) is 17.0 Å². The lowest BCUT2D eigenvalue weighted by Crippen LogP contribution is -2.50. The number of nitrogens with zero attached hydrogens (tertiary/aromatic N) is 2. The van der Waals surface area contributed by atoms with Crippen molar-refractivity contribution in [3.8, 4) is 0 Å². The summed E-state index contributed by atoms with van der Waals surface area (Å²) in [5.74, 6) is -0.476. The topological polar surface area (TPSA) is 86.8 Å². The van der Waals surface area contributed by atoms with Crippen LogP contribution in [0.25, 0.3) is 0 Å². The summed E-state index contributed by atoms with van der Waals surface area (Å²) >= 11 is 15.9. The van der Waals surface area contributed by atoms with Gasteiger partial charge in [-0.3, -0.25) is 13.9 Å². The highest BCUT2D eigenvalue weighted by molar-refractivity contribution is 9.10. The van der Waals surface area contributed by atoms with Gasteiger partial charge in [0.1, 0.15) is 6.04 Å². The highest BCUT2D eigenvalue weighted by Crippen LogP contribution is 2.31. The maximum absolute atomic E-state index is 13.9. The number of halogens is 3. The molecule has 3 aromatic rings. The first kappa shape index (κ1) is 33.9. The molecule has 1 atom stereocenters. The van der Waals surface area contributed by atoms with Crippen molar-refractivity contribution in [3.05, 3.63) is 98.4 Å². The van der Waals surface area contributed by atoms with E-state index in [4.69, 9.17) is 23.2 Å². The molecule has 11 heteroatoms. The second kappa shape index (κ2) is 16.3. The minimum Gasteiger partial charge on any atom is -0.354 e. The Bertz CT molecular complexity index is 1440. The lowest BCUT2D eigenvalue weighted by Gasteiger charge is -2.32. The van der Waals surface area contributed by atoms with E-state index in [1.54, 1.807) is 11.0 Å². The van der Waals surface area contributed by atoms with Crippen molar-refractivity contribution in [2.75, 3.05) is 23.7 Å². The zero-order valence-electron chi connectivity index (χ0n) is 23.7. The molecule has 0 aromatic heterocycles. The van der Waals surface area contributed by atoms with Gasteiger partial charge in [-0.25, -0.2) is 8.42 Å². The van der Waals surface area contributed by atoms with Gasteiger partial charge >= 0.3 is 0 Å². The van der Waals surface area contributed by atoms with Gasteiger partial charge in [0.25, 0.3) is 0 Å². The molecule has 2 amide bonds. The fourth-order valence-corrected chi connectivity index (χ4v) is 6.18. The number of carbonyl (C=O) groups excluding carboxylic acids is 2. The Hall–Kier alpha value is -2.59. The Balaban J connectivity index is 1.88. The summed E-state index contributed by atoms with van der Waals surface area (Å²) in [6.45, 7) is 2.81. The fourth-order valence-electron chi connectivity index (χ4n) is 4.51. The van der Waals surface area contributed by atoms with Gasteiger partial charge in [-0.2, -0.15) is 0 Å². The summed E-state index contributed by atoms with van der Waals surface area (Å²) in [5.41, 5.74) is 2.05. The summed E-state index contributed by atoms with van der Waals surface area (Å²) in [4.78, 5) is 29.1. The first-order valence-electron chi connectivity index (χ1n) is 13.8. The number of nitrogens with one attached hydrogen (secondary N) is 1. The SMILES string of the molecule is CCCCNC(=O)[C@@H](Cc1ccccc1)N(Cc1ccc(Br)cc1)C(=O)CCCN(c1cc(Cl)ccc1Cl)S(C)(=O)=O. The van der Waals surface area contributed by atoms with Crippen LogP contribution >= 0.6 is 39.1 Å². The van der Waals surface area contributed by atoms with Crippen molar-refractivity contribution in [1.29, 1.82) is 0 Å². The Morgan fingerprint density at radius 2 is 1.64 bits per heavy atom. The van der Waals surface area contributed by atoms with Crippen LogP contribution in [0.1, 0.15) is 43.7 Å². The molecular formula is C31H36BrCl2N3O4S. The van der Waals surface area contributed by atoms with E-state index in [0.717, 1.165) is 39.0 Å². The Kier molecular flexibility index (Phi) is 13.2. The van der Waals surface area contributed by atoms with Crippen LogP contribution in [0.3, 0.4) is 0 Å². The van der Waals surface area contributed by atoms with E-state index in [1.165, 1.54) is 12.1 Å². The van der Waals surface area contributed by atoms with Crippen LogP contribution in [-0.4, -0.2) is 50.5 Å². The second-order valence-corrected chi connectivity index (χ2v) is 13.7. The molecule has 0 unspecified atom stereocenters. The van der Waals surface area contributed by atoms with E-state index in [1.807, 2.05) is 61.5 Å². The van der Waals surface area contributed by atoms with Crippen molar-refractivity contribution in [3.63, 3.8) is 0 Å². The number of anilines is 1. The molecule has 7 nitrogen and oxygen atoms in total. The predicted octanol–water partition coefficient (Wildman–Crippen LogP) is 6.86. The molecular weight excluding hydrogens is 661 g/mol. The molecule has 0 bridgehead atoms. The van der Waals surface area contributed by atoms with Crippen molar-refractivity contribution < 1.29 is 18.0 Å². The smallest absolute Gasteiger partial charge is 0.243 e. The van der Waals surface area contributed by atoms with E-state index in [2.05, 4.69) is 21.2 Å². The first-order chi connectivity index (χ1) is 20.0. The number of amides is 2. The van der Waals surface area contributed by atoms with Crippen molar-refractivity contribution >= 4 is 66.7 Å². The van der Waals surface area contributed by atoms with Crippen molar-refractivity contribution in [2.45, 2.75) is 51.6 Å². The lowest BCUT2D eigenvalue weighted by atomic mass is 10.0. The Morgan fingerprint density at radius 1 is 0.952 bits per heavy atom. The third-order valence-electron chi connectivity index (χ3n) is 6.70. The van der Waals surface area contributed by atoms with Gasteiger partial charge in [0.15, 0.2) is 0 Å². The van der Waals surface area contributed by atoms with Gasteiger partial charge in [0, 0.05) is 42.0 Å². The monoisotopic (exact) mass is 695 g/mol. The van der Waals surface area contributed by atoms with Crippen molar-refractivity contribution in [1.82, 2.24) is 10.2 Å². The molecule has 0 fully saturated rings. The average Bonchev–Trinajstić information content (AvgIpc) is 2.95. The number of carbonyl (C=O) groups is 2. The molecule has 42 heavy (non-hydrogen) atoms. The number of hydrogen-bond acceptors (Lipinski definition) is 4. The van der Waals surface area contributed by atoms with Crippen LogP contribution in [0.5, 0.6) is 0 Å². The van der Waals surface area contributed by atoms with E-state index < -0.39 is 16.1 Å². The molecule has 3 rings (SSSR count). The molecule has 0 aliphatic carbocycles. The third-order valence-corrected chi connectivity index (χ3v) is 8.96. The van der Waals surface area contributed by atoms with Gasteiger partial charge in [-0.05, 0) is 54.3 Å². The molecule has 3 aromatic carbocycles. The zero-order chi connectivity index (χ0) is 30.7. The quantitative estimate of drug-likeness (QED) is 0.176. The number of benzene rings is 3. The number of rotatable bonds is 15. The van der Waals surface area contributed by atoms with Crippen LogP contribution in [0.2, 0.25) is 10.0 Å². The molecule has 0 radical (unpaired) electrons. The molecule has 0 heterocycles.